The van der Waals surface area contributed by atoms with Crippen molar-refractivity contribution in [1.29, 1.82) is 0 Å². The summed E-state index contributed by atoms with van der Waals surface area (Å²) >= 11 is 0. The minimum Gasteiger partial charge on any atom is -0.492 e. The smallest absolute Gasteiger partial charge is 0.263 e. The van der Waals surface area contributed by atoms with E-state index in [-0.39, 0.29) is 24.6 Å². The maximum absolute atomic E-state index is 12.6. The number of carbonyl (C=O) groups excluding carboxylic acids is 1. The second-order valence-corrected chi connectivity index (χ2v) is 11.8. The lowest BCUT2D eigenvalue weighted by Crippen LogP contribution is -2.51. The first-order valence-electron chi connectivity index (χ1n) is 10.1. The summed E-state index contributed by atoms with van der Waals surface area (Å²) in [7, 11) is -4.21. The molecule has 0 saturated carbocycles. The van der Waals surface area contributed by atoms with Gasteiger partial charge in [0.2, 0.25) is 20.0 Å². The van der Waals surface area contributed by atoms with E-state index in [2.05, 4.69) is 5.32 Å². The summed E-state index contributed by atoms with van der Waals surface area (Å²) in [5.41, 5.74) is 1.27. The maximum Gasteiger partial charge on any atom is 0.263 e. The van der Waals surface area contributed by atoms with Gasteiger partial charge in [-0.15, -0.1) is 0 Å². The average Bonchev–Trinajstić information content (AvgIpc) is 2.75. The molecule has 180 valence electrons. The van der Waals surface area contributed by atoms with Crippen LogP contribution in [0.1, 0.15) is 5.56 Å². The van der Waals surface area contributed by atoms with Gasteiger partial charge in [0, 0.05) is 14.1 Å². The van der Waals surface area contributed by atoms with E-state index in [0.717, 1.165) is 20.4 Å². The molecule has 12 heteroatoms. The number of amides is 1. The molecular weight excluding hydrogens is 470 g/mol. The molecule has 1 amide bonds. The third kappa shape index (κ3) is 5.75. The normalized spacial score (nSPS) is 16.2. The van der Waals surface area contributed by atoms with Crippen LogP contribution >= 0.6 is 0 Å². The van der Waals surface area contributed by atoms with E-state index in [1.165, 1.54) is 38.4 Å². The minimum atomic E-state index is -3.60. The summed E-state index contributed by atoms with van der Waals surface area (Å²) in [6.45, 7) is 1.99. The SMILES string of the molecule is Cc1ccc2c(c1)OC(C(=O)NCCOc1ccc(S(=O)(=O)N(C)C)cc1)CN2S(C)(=O)=O. The third-order valence-electron chi connectivity index (χ3n) is 4.95. The number of ether oxygens (including phenoxy) is 2. The molecule has 3 rings (SSSR count). The molecule has 1 aliphatic rings. The zero-order valence-corrected chi connectivity index (χ0v) is 20.4. The van der Waals surface area contributed by atoms with Crippen LogP contribution in [0.15, 0.2) is 47.4 Å². The van der Waals surface area contributed by atoms with Gasteiger partial charge in [0.15, 0.2) is 6.10 Å². The predicted octanol–water partition coefficient (Wildman–Crippen LogP) is 0.968. The summed E-state index contributed by atoms with van der Waals surface area (Å²) in [6.07, 6.45) is 0.0735. The van der Waals surface area contributed by atoms with Gasteiger partial charge in [-0.05, 0) is 48.9 Å². The van der Waals surface area contributed by atoms with Crippen LogP contribution in [0, 0.1) is 6.92 Å². The summed E-state index contributed by atoms with van der Waals surface area (Å²) in [5, 5.41) is 2.68. The Kier molecular flexibility index (Phi) is 7.20. The summed E-state index contributed by atoms with van der Waals surface area (Å²) in [6, 6.07) is 11.1. The van der Waals surface area contributed by atoms with E-state index in [9.17, 15) is 21.6 Å². The van der Waals surface area contributed by atoms with E-state index < -0.39 is 32.1 Å². The fourth-order valence-corrected chi connectivity index (χ4v) is 5.00. The number of sulfonamides is 2. The Labute approximate surface area is 194 Å². The molecule has 2 aromatic rings. The number of benzene rings is 2. The number of fused-ring (bicyclic) bond motifs is 1. The number of nitrogens with zero attached hydrogens (tertiary/aromatic N) is 2. The molecule has 1 N–H and O–H groups in total. The molecule has 2 aromatic carbocycles. The van der Waals surface area contributed by atoms with Crippen molar-refractivity contribution >= 4 is 31.6 Å². The first kappa shape index (κ1) is 24.8. The molecule has 0 aliphatic carbocycles. The summed E-state index contributed by atoms with van der Waals surface area (Å²) < 4.78 is 62.2. The fraction of sp³-hybridized carbons (Fsp3) is 0.381. The largest absolute Gasteiger partial charge is 0.492 e. The maximum atomic E-state index is 12.6. The minimum absolute atomic E-state index is 0.129. The lowest BCUT2D eigenvalue weighted by Gasteiger charge is -2.34. The lowest BCUT2D eigenvalue weighted by molar-refractivity contribution is -0.127. The summed E-state index contributed by atoms with van der Waals surface area (Å²) in [4.78, 5) is 12.8. The molecule has 0 aromatic heterocycles. The number of hydrogen-bond acceptors (Lipinski definition) is 7. The first-order chi connectivity index (χ1) is 15.4. The number of aryl methyl sites for hydroxylation is 1. The Morgan fingerprint density at radius 2 is 1.82 bits per heavy atom. The first-order valence-corrected chi connectivity index (χ1v) is 13.4. The molecule has 0 fully saturated rings. The molecule has 33 heavy (non-hydrogen) atoms. The van der Waals surface area contributed by atoms with E-state index in [1.54, 1.807) is 18.2 Å². The highest BCUT2D eigenvalue weighted by molar-refractivity contribution is 7.92. The van der Waals surface area contributed by atoms with Gasteiger partial charge < -0.3 is 14.8 Å². The van der Waals surface area contributed by atoms with Crippen molar-refractivity contribution < 1.29 is 31.1 Å². The number of hydrogen-bond donors (Lipinski definition) is 1. The van der Waals surface area contributed by atoms with E-state index in [1.807, 2.05) is 6.92 Å². The van der Waals surface area contributed by atoms with Crippen molar-refractivity contribution in [2.24, 2.45) is 0 Å². The average molecular weight is 498 g/mol. The molecule has 1 unspecified atom stereocenters. The third-order valence-corrected chi connectivity index (χ3v) is 7.93. The molecule has 1 heterocycles. The zero-order valence-electron chi connectivity index (χ0n) is 18.8. The number of anilines is 1. The molecule has 1 atom stereocenters. The highest BCUT2D eigenvalue weighted by Gasteiger charge is 2.34. The van der Waals surface area contributed by atoms with Crippen molar-refractivity contribution in [2.45, 2.75) is 17.9 Å². The van der Waals surface area contributed by atoms with Crippen LogP contribution in [-0.2, 0) is 24.8 Å². The van der Waals surface area contributed by atoms with Crippen molar-refractivity contribution in [3.63, 3.8) is 0 Å². The second-order valence-electron chi connectivity index (χ2n) is 7.77. The van der Waals surface area contributed by atoms with Gasteiger partial charge in [0.25, 0.3) is 5.91 Å². The van der Waals surface area contributed by atoms with Crippen LogP contribution in [0.3, 0.4) is 0 Å². The molecular formula is C21H27N3O7S2. The van der Waals surface area contributed by atoms with E-state index in [4.69, 9.17) is 9.47 Å². The molecule has 0 bridgehead atoms. The zero-order chi connectivity index (χ0) is 24.4. The number of rotatable bonds is 8. The van der Waals surface area contributed by atoms with Gasteiger partial charge in [-0.2, -0.15) is 0 Å². The van der Waals surface area contributed by atoms with Crippen molar-refractivity contribution in [3.05, 3.63) is 48.0 Å². The lowest BCUT2D eigenvalue weighted by atomic mass is 10.1. The van der Waals surface area contributed by atoms with Crippen molar-refractivity contribution in [1.82, 2.24) is 9.62 Å². The van der Waals surface area contributed by atoms with Crippen LogP contribution in [0.4, 0.5) is 5.69 Å². The second kappa shape index (κ2) is 9.57. The highest BCUT2D eigenvalue weighted by atomic mass is 32.2. The van der Waals surface area contributed by atoms with Gasteiger partial charge in [-0.1, -0.05) is 6.07 Å². The van der Waals surface area contributed by atoms with Gasteiger partial charge in [-0.25, -0.2) is 21.1 Å². The fourth-order valence-electron chi connectivity index (χ4n) is 3.19. The van der Waals surface area contributed by atoms with E-state index >= 15 is 0 Å². The van der Waals surface area contributed by atoms with Crippen LogP contribution in [0.25, 0.3) is 0 Å². The molecule has 10 nitrogen and oxygen atoms in total. The number of carbonyl (C=O) groups is 1. The van der Waals surface area contributed by atoms with Gasteiger partial charge in [0.05, 0.1) is 29.9 Å². The molecule has 1 aliphatic heterocycles. The monoisotopic (exact) mass is 497 g/mol. The Balaban J connectivity index is 1.57. The van der Waals surface area contributed by atoms with Crippen LogP contribution in [0.2, 0.25) is 0 Å². The van der Waals surface area contributed by atoms with Crippen LogP contribution in [-0.4, -0.2) is 73.2 Å². The van der Waals surface area contributed by atoms with Crippen molar-refractivity contribution in [3.8, 4) is 11.5 Å². The molecule has 0 saturated heterocycles. The quantitative estimate of drug-likeness (QED) is 0.539. The standard InChI is InChI=1S/C21H27N3O7S2/c1-15-5-10-18-19(13-15)31-20(14-24(18)32(4,26)27)21(25)22-11-12-30-16-6-8-17(9-7-16)33(28,29)23(2)3/h5-10,13,20H,11-12,14H2,1-4H3,(H,22,25). The highest BCUT2D eigenvalue weighted by Crippen LogP contribution is 2.35. The molecule has 0 radical (unpaired) electrons. The Morgan fingerprint density at radius 3 is 2.42 bits per heavy atom. The van der Waals surface area contributed by atoms with E-state index in [0.29, 0.717) is 17.2 Å². The molecule has 0 spiro atoms. The van der Waals surface area contributed by atoms with Crippen LogP contribution in [0.5, 0.6) is 11.5 Å². The van der Waals surface area contributed by atoms with Gasteiger partial charge in [-0.3, -0.25) is 9.10 Å². The number of nitrogens with one attached hydrogen (secondary N) is 1. The van der Waals surface area contributed by atoms with Crippen LogP contribution < -0.4 is 19.1 Å². The Hall–Kier alpha value is -2.83. The topological polar surface area (TPSA) is 122 Å². The van der Waals surface area contributed by atoms with Crippen molar-refractivity contribution in [2.75, 3.05) is 44.4 Å². The summed E-state index contributed by atoms with van der Waals surface area (Å²) in [5.74, 6) is 0.311. The Morgan fingerprint density at radius 1 is 1.15 bits per heavy atom. The van der Waals surface area contributed by atoms with Gasteiger partial charge in [0.1, 0.15) is 18.1 Å². The Bertz CT molecular complexity index is 1230. The predicted molar refractivity (Wildman–Crippen MR) is 124 cm³/mol. The van der Waals surface area contributed by atoms with Gasteiger partial charge >= 0.3 is 0 Å².